The molecule has 1 N–H and O–H groups in total. The van der Waals surface area contributed by atoms with Crippen molar-refractivity contribution >= 4 is 17.7 Å². The van der Waals surface area contributed by atoms with Gasteiger partial charge in [0.2, 0.25) is 0 Å². The van der Waals surface area contributed by atoms with Crippen molar-refractivity contribution < 1.29 is 19.1 Å². The Kier molecular flexibility index (Phi) is 5.49. The zero-order valence-corrected chi connectivity index (χ0v) is 17.2. The topological polar surface area (TPSA) is 88.6 Å². The first-order valence-electron chi connectivity index (χ1n) is 9.84. The van der Waals surface area contributed by atoms with Gasteiger partial charge in [-0.05, 0) is 55.0 Å². The van der Waals surface area contributed by atoms with E-state index >= 15 is 0 Å². The molecule has 2 aromatic carbocycles. The SMILES string of the molecule is CC(NC(=O)c1ccc2c(c1)C(=O)N(C)C2=O)c1cccc(OCc2ccccn2)c1. The second kappa shape index (κ2) is 8.39. The van der Waals surface area contributed by atoms with E-state index in [0.717, 1.165) is 16.2 Å². The number of pyridine rings is 1. The normalized spacial score (nSPS) is 13.7. The summed E-state index contributed by atoms with van der Waals surface area (Å²) in [6.07, 6.45) is 1.72. The van der Waals surface area contributed by atoms with Crippen LogP contribution < -0.4 is 10.1 Å². The van der Waals surface area contributed by atoms with Crippen molar-refractivity contribution in [3.05, 3.63) is 94.8 Å². The Balaban J connectivity index is 1.44. The molecule has 1 atom stereocenters. The number of benzene rings is 2. The lowest BCUT2D eigenvalue weighted by Crippen LogP contribution is -2.27. The molecular formula is C24H21N3O4. The lowest BCUT2D eigenvalue weighted by molar-refractivity contribution is 0.0693. The van der Waals surface area contributed by atoms with Gasteiger partial charge in [-0.1, -0.05) is 18.2 Å². The van der Waals surface area contributed by atoms with E-state index in [1.165, 1.54) is 19.2 Å². The Morgan fingerprint density at radius 3 is 2.61 bits per heavy atom. The minimum Gasteiger partial charge on any atom is -0.487 e. The quantitative estimate of drug-likeness (QED) is 0.624. The smallest absolute Gasteiger partial charge is 0.261 e. The number of carbonyl (C=O) groups is 3. The third-order valence-corrected chi connectivity index (χ3v) is 5.17. The third-order valence-electron chi connectivity index (χ3n) is 5.17. The highest BCUT2D eigenvalue weighted by molar-refractivity contribution is 6.21. The maximum Gasteiger partial charge on any atom is 0.261 e. The number of rotatable bonds is 6. The van der Waals surface area contributed by atoms with E-state index in [1.807, 2.05) is 49.4 Å². The number of aromatic nitrogens is 1. The highest BCUT2D eigenvalue weighted by atomic mass is 16.5. The summed E-state index contributed by atoms with van der Waals surface area (Å²) in [7, 11) is 1.43. The van der Waals surface area contributed by atoms with Crippen molar-refractivity contribution in [3.63, 3.8) is 0 Å². The van der Waals surface area contributed by atoms with E-state index in [4.69, 9.17) is 4.74 Å². The Labute approximate surface area is 179 Å². The summed E-state index contributed by atoms with van der Waals surface area (Å²) in [6.45, 7) is 2.22. The van der Waals surface area contributed by atoms with Gasteiger partial charge >= 0.3 is 0 Å². The molecule has 0 radical (unpaired) electrons. The zero-order valence-electron chi connectivity index (χ0n) is 17.2. The summed E-state index contributed by atoms with van der Waals surface area (Å²) >= 11 is 0. The van der Waals surface area contributed by atoms with E-state index in [-0.39, 0.29) is 23.4 Å². The average Bonchev–Trinajstić information content (AvgIpc) is 3.02. The molecule has 0 aliphatic carbocycles. The van der Waals surface area contributed by atoms with E-state index < -0.39 is 5.91 Å². The molecule has 0 saturated heterocycles. The molecule has 0 spiro atoms. The van der Waals surface area contributed by atoms with Crippen LogP contribution in [0.1, 0.15) is 55.3 Å². The Morgan fingerprint density at radius 2 is 1.84 bits per heavy atom. The Bertz CT molecular complexity index is 1160. The monoisotopic (exact) mass is 415 g/mol. The molecule has 7 heteroatoms. The van der Waals surface area contributed by atoms with Gasteiger partial charge in [-0.3, -0.25) is 24.3 Å². The number of fused-ring (bicyclic) bond motifs is 1. The van der Waals surface area contributed by atoms with Crippen molar-refractivity contribution in [2.75, 3.05) is 7.05 Å². The second-order valence-corrected chi connectivity index (χ2v) is 7.31. The summed E-state index contributed by atoms with van der Waals surface area (Å²) in [4.78, 5) is 42.2. The molecular weight excluding hydrogens is 394 g/mol. The van der Waals surface area contributed by atoms with Crippen LogP contribution in [-0.2, 0) is 6.61 Å². The van der Waals surface area contributed by atoms with Crippen LogP contribution >= 0.6 is 0 Å². The fourth-order valence-corrected chi connectivity index (χ4v) is 3.38. The maximum absolute atomic E-state index is 12.7. The fourth-order valence-electron chi connectivity index (χ4n) is 3.38. The Hall–Kier alpha value is -4.00. The molecule has 0 bridgehead atoms. The van der Waals surface area contributed by atoms with Gasteiger partial charge in [0.25, 0.3) is 17.7 Å². The number of carbonyl (C=O) groups excluding carboxylic acids is 3. The number of amides is 3. The van der Waals surface area contributed by atoms with Crippen molar-refractivity contribution in [3.8, 4) is 5.75 Å². The first kappa shape index (κ1) is 20.3. The third kappa shape index (κ3) is 4.16. The maximum atomic E-state index is 12.7. The van der Waals surface area contributed by atoms with Crippen LogP contribution in [0.4, 0.5) is 0 Å². The lowest BCUT2D eigenvalue weighted by Gasteiger charge is -2.16. The van der Waals surface area contributed by atoms with Gasteiger partial charge in [-0.15, -0.1) is 0 Å². The van der Waals surface area contributed by atoms with E-state index in [2.05, 4.69) is 10.3 Å². The number of hydrogen-bond acceptors (Lipinski definition) is 5. The number of nitrogens with zero attached hydrogens (tertiary/aromatic N) is 2. The molecule has 2 heterocycles. The van der Waals surface area contributed by atoms with Crippen LogP contribution in [0.3, 0.4) is 0 Å². The number of imide groups is 1. The lowest BCUT2D eigenvalue weighted by atomic mass is 10.0. The molecule has 0 saturated carbocycles. The highest BCUT2D eigenvalue weighted by Gasteiger charge is 2.33. The van der Waals surface area contributed by atoms with Crippen molar-refractivity contribution in [2.24, 2.45) is 0 Å². The van der Waals surface area contributed by atoms with Crippen LogP contribution in [0.2, 0.25) is 0 Å². The molecule has 0 fully saturated rings. The molecule has 1 aliphatic rings. The molecule has 156 valence electrons. The highest BCUT2D eigenvalue weighted by Crippen LogP contribution is 2.24. The van der Waals surface area contributed by atoms with Gasteiger partial charge in [0.15, 0.2) is 0 Å². The van der Waals surface area contributed by atoms with Crippen LogP contribution in [0, 0.1) is 0 Å². The molecule has 3 aromatic rings. The molecule has 4 rings (SSSR count). The molecule has 1 aliphatic heterocycles. The van der Waals surface area contributed by atoms with Crippen molar-refractivity contribution in [2.45, 2.75) is 19.6 Å². The van der Waals surface area contributed by atoms with Gasteiger partial charge in [-0.25, -0.2) is 0 Å². The summed E-state index contributed by atoms with van der Waals surface area (Å²) in [6, 6.07) is 17.4. The van der Waals surface area contributed by atoms with E-state index in [0.29, 0.717) is 23.5 Å². The van der Waals surface area contributed by atoms with Gasteiger partial charge in [0.05, 0.1) is 22.9 Å². The summed E-state index contributed by atoms with van der Waals surface area (Å²) in [5.41, 5.74) is 2.58. The molecule has 31 heavy (non-hydrogen) atoms. The molecule has 1 aromatic heterocycles. The van der Waals surface area contributed by atoms with Gasteiger partial charge in [0.1, 0.15) is 12.4 Å². The van der Waals surface area contributed by atoms with Gasteiger partial charge < -0.3 is 10.1 Å². The first-order chi connectivity index (χ1) is 14.9. The summed E-state index contributed by atoms with van der Waals surface area (Å²) < 4.78 is 5.81. The minimum atomic E-state index is -0.402. The first-order valence-corrected chi connectivity index (χ1v) is 9.84. The second-order valence-electron chi connectivity index (χ2n) is 7.31. The van der Waals surface area contributed by atoms with Crippen molar-refractivity contribution in [1.29, 1.82) is 0 Å². The zero-order chi connectivity index (χ0) is 22.0. The molecule has 1 unspecified atom stereocenters. The predicted molar refractivity (Wildman–Crippen MR) is 114 cm³/mol. The standard InChI is InChI=1S/C24H21N3O4/c1-15(16-6-5-8-19(12-16)31-14-18-7-3-4-11-25-18)26-22(28)17-9-10-20-21(13-17)24(30)27(2)23(20)29/h3-13,15H,14H2,1-2H3,(H,26,28). The van der Waals surface area contributed by atoms with Crippen LogP contribution in [0.15, 0.2) is 66.9 Å². The minimum absolute atomic E-state index is 0.248. The number of nitrogens with one attached hydrogen (secondary N) is 1. The van der Waals surface area contributed by atoms with Crippen LogP contribution in [0.5, 0.6) is 5.75 Å². The molecule has 7 nitrogen and oxygen atoms in total. The van der Waals surface area contributed by atoms with E-state index in [1.54, 1.807) is 12.3 Å². The van der Waals surface area contributed by atoms with Crippen LogP contribution in [0.25, 0.3) is 0 Å². The van der Waals surface area contributed by atoms with Crippen molar-refractivity contribution in [1.82, 2.24) is 15.2 Å². The predicted octanol–water partition coefficient (Wildman–Crippen LogP) is 3.38. The fraction of sp³-hybridized carbons (Fsp3) is 0.167. The number of hydrogen-bond donors (Lipinski definition) is 1. The van der Waals surface area contributed by atoms with E-state index in [9.17, 15) is 14.4 Å². The van der Waals surface area contributed by atoms with Crippen LogP contribution in [-0.4, -0.2) is 34.7 Å². The average molecular weight is 415 g/mol. The van der Waals surface area contributed by atoms with Gasteiger partial charge in [0, 0.05) is 18.8 Å². The summed E-state index contributed by atoms with van der Waals surface area (Å²) in [5, 5.41) is 2.93. The number of ether oxygens (including phenoxy) is 1. The summed E-state index contributed by atoms with van der Waals surface area (Å²) in [5.74, 6) is -0.415. The molecule has 3 amide bonds. The Morgan fingerprint density at radius 1 is 1.03 bits per heavy atom. The van der Waals surface area contributed by atoms with Gasteiger partial charge in [-0.2, -0.15) is 0 Å². The largest absolute Gasteiger partial charge is 0.487 e.